The van der Waals surface area contributed by atoms with Crippen LogP contribution in [0.3, 0.4) is 0 Å². The molecule has 1 rings (SSSR count). The first-order valence-corrected chi connectivity index (χ1v) is 9.69. The van der Waals surface area contributed by atoms with E-state index in [2.05, 4.69) is 0 Å². The Hall–Kier alpha value is -1.81. The number of hydrogen-bond acceptors (Lipinski definition) is 9. The van der Waals surface area contributed by atoms with Gasteiger partial charge < -0.3 is 29.9 Å². The number of Topliss-reactive ketones (excluding diaryl/α,β-unsaturated/α-hetero) is 1. The SMILES string of the molecule is CCC(O)C(O)C(O)C(O)COC(=O)CCC(=O)OC1CC(C)(C)C=C(C)C1=O. The molecule has 0 amide bonds. The molecule has 0 aliphatic heterocycles. The Balaban J connectivity index is 2.40. The van der Waals surface area contributed by atoms with Gasteiger partial charge in [-0.1, -0.05) is 26.8 Å². The van der Waals surface area contributed by atoms with Gasteiger partial charge in [-0.2, -0.15) is 0 Å². The number of rotatable bonds is 10. The fraction of sp³-hybridized carbons (Fsp3) is 0.750. The topological polar surface area (TPSA) is 151 Å². The van der Waals surface area contributed by atoms with Crippen LogP contribution in [-0.2, 0) is 23.9 Å². The molecule has 5 unspecified atom stereocenters. The summed E-state index contributed by atoms with van der Waals surface area (Å²) in [5, 5.41) is 38.6. The Morgan fingerprint density at radius 2 is 1.66 bits per heavy atom. The van der Waals surface area contributed by atoms with Gasteiger partial charge in [0, 0.05) is 6.42 Å². The minimum atomic E-state index is -1.69. The molecule has 0 fully saturated rings. The van der Waals surface area contributed by atoms with Crippen molar-refractivity contribution >= 4 is 17.7 Å². The molecule has 1 aliphatic carbocycles. The molecule has 0 bridgehead atoms. The predicted molar refractivity (Wildman–Crippen MR) is 102 cm³/mol. The largest absolute Gasteiger partial charge is 0.463 e. The highest BCUT2D eigenvalue weighted by Crippen LogP contribution is 2.33. The van der Waals surface area contributed by atoms with E-state index in [0.717, 1.165) is 0 Å². The third-order valence-corrected chi connectivity index (χ3v) is 4.78. The van der Waals surface area contributed by atoms with Gasteiger partial charge in [-0.3, -0.25) is 14.4 Å². The minimum Gasteiger partial charge on any atom is -0.463 e. The van der Waals surface area contributed by atoms with E-state index in [0.29, 0.717) is 12.0 Å². The van der Waals surface area contributed by atoms with E-state index in [1.54, 1.807) is 13.8 Å². The van der Waals surface area contributed by atoms with Crippen molar-refractivity contribution in [2.75, 3.05) is 6.61 Å². The Labute approximate surface area is 170 Å². The van der Waals surface area contributed by atoms with Gasteiger partial charge in [-0.15, -0.1) is 0 Å². The second-order valence-corrected chi connectivity index (χ2v) is 8.07. The maximum absolute atomic E-state index is 12.1. The molecule has 1 aliphatic rings. The summed E-state index contributed by atoms with van der Waals surface area (Å²) in [6, 6.07) is 0. The lowest BCUT2D eigenvalue weighted by Gasteiger charge is -2.31. The van der Waals surface area contributed by atoms with Crippen LogP contribution in [-0.4, -0.2) is 75.3 Å². The lowest BCUT2D eigenvalue weighted by Crippen LogP contribution is -2.46. The second-order valence-electron chi connectivity index (χ2n) is 8.07. The minimum absolute atomic E-state index is 0.169. The number of aliphatic hydroxyl groups is 4. The number of hydrogen-bond donors (Lipinski definition) is 4. The summed E-state index contributed by atoms with van der Waals surface area (Å²) >= 11 is 0. The Morgan fingerprint density at radius 1 is 1.10 bits per heavy atom. The summed E-state index contributed by atoms with van der Waals surface area (Å²) in [4.78, 5) is 35.8. The van der Waals surface area contributed by atoms with Crippen LogP contribution in [0.4, 0.5) is 0 Å². The van der Waals surface area contributed by atoms with E-state index < -0.39 is 49.1 Å². The summed E-state index contributed by atoms with van der Waals surface area (Å²) in [6.07, 6.45) is -5.26. The van der Waals surface area contributed by atoms with Crippen LogP contribution < -0.4 is 0 Å². The van der Waals surface area contributed by atoms with Gasteiger partial charge in [0.2, 0.25) is 0 Å². The molecule has 0 aromatic rings. The maximum Gasteiger partial charge on any atom is 0.307 e. The lowest BCUT2D eigenvalue weighted by atomic mass is 9.78. The molecule has 0 spiro atoms. The fourth-order valence-electron chi connectivity index (χ4n) is 3.10. The normalized spacial score (nSPS) is 22.8. The van der Waals surface area contributed by atoms with E-state index in [1.165, 1.54) is 0 Å². The van der Waals surface area contributed by atoms with Crippen LogP contribution in [0.25, 0.3) is 0 Å². The van der Waals surface area contributed by atoms with Crippen molar-refractivity contribution in [1.29, 1.82) is 0 Å². The molecule has 29 heavy (non-hydrogen) atoms. The predicted octanol–water partition coefficient (Wildman–Crippen LogP) is 0.0205. The smallest absolute Gasteiger partial charge is 0.307 e. The molecule has 0 saturated heterocycles. The molecule has 0 saturated carbocycles. The molecule has 0 aromatic heterocycles. The number of esters is 2. The van der Waals surface area contributed by atoms with E-state index in [4.69, 9.17) is 9.47 Å². The Bertz CT molecular complexity index is 625. The molecule has 166 valence electrons. The molecule has 0 heterocycles. The van der Waals surface area contributed by atoms with Crippen molar-refractivity contribution in [3.8, 4) is 0 Å². The van der Waals surface area contributed by atoms with Gasteiger partial charge in [0.1, 0.15) is 24.9 Å². The third kappa shape index (κ3) is 7.85. The van der Waals surface area contributed by atoms with Crippen molar-refractivity contribution in [2.24, 2.45) is 5.41 Å². The maximum atomic E-state index is 12.1. The van der Waals surface area contributed by atoms with Crippen LogP contribution in [0.15, 0.2) is 11.6 Å². The van der Waals surface area contributed by atoms with Crippen LogP contribution in [0.2, 0.25) is 0 Å². The molecule has 0 radical (unpaired) electrons. The molecule has 9 heteroatoms. The average molecular weight is 416 g/mol. The first-order valence-electron chi connectivity index (χ1n) is 9.69. The number of ether oxygens (including phenoxy) is 2. The quantitative estimate of drug-likeness (QED) is 0.361. The highest BCUT2D eigenvalue weighted by Gasteiger charge is 2.35. The Kier molecular flexibility index (Phi) is 9.41. The summed E-state index contributed by atoms with van der Waals surface area (Å²) in [6.45, 7) is 6.50. The third-order valence-electron chi connectivity index (χ3n) is 4.78. The van der Waals surface area contributed by atoms with Gasteiger partial charge in [0.05, 0.1) is 18.9 Å². The zero-order valence-corrected chi connectivity index (χ0v) is 17.3. The van der Waals surface area contributed by atoms with E-state index in [9.17, 15) is 34.8 Å². The molecule has 5 atom stereocenters. The highest BCUT2D eigenvalue weighted by molar-refractivity contribution is 6.00. The van der Waals surface area contributed by atoms with Gasteiger partial charge in [-0.05, 0) is 24.3 Å². The van der Waals surface area contributed by atoms with Gasteiger partial charge in [0.25, 0.3) is 0 Å². The van der Waals surface area contributed by atoms with E-state index in [-0.39, 0.29) is 30.5 Å². The molecule has 0 aromatic carbocycles. The van der Waals surface area contributed by atoms with Crippen LogP contribution in [0.1, 0.15) is 53.4 Å². The molecule has 4 N–H and O–H groups in total. The first-order chi connectivity index (χ1) is 13.4. The lowest BCUT2D eigenvalue weighted by molar-refractivity contribution is -0.161. The van der Waals surface area contributed by atoms with E-state index >= 15 is 0 Å². The van der Waals surface area contributed by atoms with Crippen LogP contribution in [0.5, 0.6) is 0 Å². The van der Waals surface area contributed by atoms with Crippen molar-refractivity contribution < 1.29 is 44.3 Å². The summed E-state index contributed by atoms with van der Waals surface area (Å²) < 4.78 is 9.98. The van der Waals surface area contributed by atoms with Gasteiger partial charge in [-0.25, -0.2) is 0 Å². The zero-order chi connectivity index (χ0) is 22.4. The second kappa shape index (κ2) is 10.8. The van der Waals surface area contributed by atoms with Crippen molar-refractivity contribution in [3.63, 3.8) is 0 Å². The van der Waals surface area contributed by atoms with Crippen molar-refractivity contribution in [3.05, 3.63) is 11.6 Å². The summed E-state index contributed by atoms with van der Waals surface area (Å²) in [5.41, 5.74) is 0.246. The molecular weight excluding hydrogens is 384 g/mol. The summed E-state index contributed by atoms with van der Waals surface area (Å²) in [7, 11) is 0. The molecular formula is C20H32O9. The van der Waals surface area contributed by atoms with Crippen molar-refractivity contribution in [1.82, 2.24) is 0 Å². The number of carbonyl (C=O) groups is 3. The standard InChI is InChI=1S/C20H32O9/c1-5-12(21)18(26)19(27)13(22)10-28-15(23)6-7-16(24)29-14-9-20(3,4)8-11(2)17(14)25/h8,12-14,18-19,21-22,26-27H,5-7,9-10H2,1-4H3. The Morgan fingerprint density at radius 3 is 2.24 bits per heavy atom. The monoisotopic (exact) mass is 416 g/mol. The zero-order valence-electron chi connectivity index (χ0n) is 17.3. The average Bonchev–Trinajstić information content (AvgIpc) is 2.65. The van der Waals surface area contributed by atoms with Crippen LogP contribution in [0, 0.1) is 5.41 Å². The van der Waals surface area contributed by atoms with Crippen LogP contribution >= 0.6 is 0 Å². The van der Waals surface area contributed by atoms with Gasteiger partial charge >= 0.3 is 11.9 Å². The number of carbonyl (C=O) groups excluding carboxylic acids is 3. The fourth-order valence-corrected chi connectivity index (χ4v) is 3.10. The number of allylic oxidation sites excluding steroid dienone is 1. The van der Waals surface area contributed by atoms with E-state index in [1.807, 2.05) is 19.9 Å². The van der Waals surface area contributed by atoms with Gasteiger partial charge in [0.15, 0.2) is 11.9 Å². The first kappa shape index (κ1) is 25.2. The highest BCUT2D eigenvalue weighted by atomic mass is 16.6. The molecule has 9 nitrogen and oxygen atoms in total. The summed E-state index contributed by atoms with van der Waals surface area (Å²) in [5.74, 6) is -1.79. The van der Waals surface area contributed by atoms with Crippen molar-refractivity contribution in [2.45, 2.75) is 83.9 Å². The number of ketones is 1. The number of aliphatic hydroxyl groups excluding tert-OH is 4.